The first-order valence-corrected chi connectivity index (χ1v) is 5.77. The highest BCUT2D eigenvalue weighted by Crippen LogP contribution is 2.19. The number of nitrogens with one attached hydrogen (secondary N) is 1. The Morgan fingerprint density at radius 3 is 2.76 bits per heavy atom. The van der Waals surface area contributed by atoms with Crippen LogP contribution >= 0.6 is 11.6 Å². The maximum Gasteiger partial charge on any atom is 0.222 e. The fourth-order valence-corrected chi connectivity index (χ4v) is 1.48. The van der Waals surface area contributed by atoms with Crippen LogP contribution in [0.3, 0.4) is 0 Å². The van der Waals surface area contributed by atoms with Crippen LogP contribution in [0, 0.1) is 5.82 Å². The van der Waals surface area contributed by atoms with Gasteiger partial charge in [0, 0.05) is 32.7 Å². The van der Waals surface area contributed by atoms with Gasteiger partial charge in [-0.15, -0.1) is 0 Å². The van der Waals surface area contributed by atoms with Crippen LogP contribution < -0.4 is 5.32 Å². The van der Waals surface area contributed by atoms with Crippen LogP contribution in [0.2, 0.25) is 5.02 Å². The molecule has 94 valence electrons. The molecule has 0 radical (unpaired) electrons. The summed E-state index contributed by atoms with van der Waals surface area (Å²) in [5.41, 5.74) is 0.758. The van der Waals surface area contributed by atoms with E-state index in [9.17, 15) is 9.18 Å². The van der Waals surface area contributed by atoms with Gasteiger partial charge in [0.15, 0.2) is 0 Å². The second-order valence-electron chi connectivity index (χ2n) is 3.95. The molecule has 1 N–H and O–H groups in total. The fourth-order valence-electron chi connectivity index (χ4n) is 1.30. The summed E-state index contributed by atoms with van der Waals surface area (Å²) in [5, 5.41) is 3.18. The Labute approximate surface area is 106 Å². The van der Waals surface area contributed by atoms with Crippen LogP contribution in [0.1, 0.15) is 12.8 Å². The molecule has 0 saturated carbocycles. The number of amides is 1. The molecule has 0 bridgehead atoms. The quantitative estimate of drug-likeness (QED) is 0.824. The highest BCUT2D eigenvalue weighted by Gasteiger charge is 2.03. The Hall–Kier alpha value is -1.29. The summed E-state index contributed by atoms with van der Waals surface area (Å²) in [6, 6.07) is 4.47. The molecular formula is C12H16ClFN2O. The van der Waals surface area contributed by atoms with Crippen molar-refractivity contribution in [3.8, 4) is 0 Å². The molecule has 1 aromatic carbocycles. The minimum absolute atomic E-state index is 0.0966. The van der Waals surface area contributed by atoms with Gasteiger partial charge in [0.25, 0.3) is 0 Å². The van der Waals surface area contributed by atoms with Crippen molar-refractivity contribution < 1.29 is 9.18 Å². The maximum atomic E-state index is 12.9. The fraction of sp³-hybridized carbons (Fsp3) is 0.417. The lowest BCUT2D eigenvalue weighted by molar-refractivity contribution is -0.128. The van der Waals surface area contributed by atoms with Crippen molar-refractivity contribution in [1.29, 1.82) is 0 Å². The molecule has 0 aliphatic heterocycles. The SMILES string of the molecule is CN(C)C(=O)CCCNc1ccc(F)c(Cl)c1. The van der Waals surface area contributed by atoms with Crippen molar-refractivity contribution in [1.82, 2.24) is 4.90 Å². The van der Waals surface area contributed by atoms with Crippen LogP contribution in [0.5, 0.6) is 0 Å². The summed E-state index contributed by atoms with van der Waals surface area (Å²) in [7, 11) is 3.46. The average molecular weight is 259 g/mol. The molecule has 1 rings (SSSR count). The van der Waals surface area contributed by atoms with Gasteiger partial charge in [-0.2, -0.15) is 0 Å². The number of hydrogen-bond donors (Lipinski definition) is 1. The molecule has 0 unspecified atom stereocenters. The van der Waals surface area contributed by atoms with Gasteiger partial charge in [-0.05, 0) is 24.6 Å². The minimum atomic E-state index is -0.431. The van der Waals surface area contributed by atoms with E-state index in [1.165, 1.54) is 12.1 Å². The van der Waals surface area contributed by atoms with Gasteiger partial charge in [-0.3, -0.25) is 4.79 Å². The summed E-state index contributed by atoms with van der Waals surface area (Å²) in [5.74, 6) is -0.330. The third kappa shape index (κ3) is 4.61. The standard InChI is InChI=1S/C12H16ClFN2O/c1-16(2)12(17)4-3-7-15-9-5-6-11(14)10(13)8-9/h5-6,8,15H,3-4,7H2,1-2H3. The van der Waals surface area contributed by atoms with Crippen molar-refractivity contribution in [2.45, 2.75) is 12.8 Å². The van der Waals surface area contributed by atoms with Crippen molar-refractivity contribution in [3.63, 3.8) is 0 Å². The highest BCUT2D eigenvalue weighted by atomic mass is 35.5. The maximum absolute atomic E-state index is 12.9. The van der Waals surface area contributed by atoms with E-state index in [4.69, 9.17) is 11.6 Å². The minimum Gasteiger partial charge on any atom is -0.385 e. The van der Waals surface area contributed by atoms with E-state index in [-0.39, 0.29) is 10.9 Å². The molecule has 0 spiro atoms. The van der Waals surface area contributed by atoms with Crippen LogP contribution in [0.4, 0.5) is 10.1 Å². The van der Waals surface area contributed by atoms with E-state index < -0.39 is 5.82 Å². The normalized spacial score (nSPS) is 10.1. The number of hydrogen-bond acceptors (Lipinski definition) is 2. The molecule has 0 atom stereocenters. The van der Waals surface area contributed by atoms with Crippen molar-refractivity contribution in [2.24, 2.45) is 0 Å². The predicted octanol–water partition coefficient (Wildman–Crippen LogP) is 2.76. The molecule has 1 aromatic rings. The largest absolute Gasteiger partial charge is 0.385 e. The molecule has 0 aliphatic rings. The number of halogens is 2. The van der Waals surface area contributed by atoms with Crippen molar-refractivity contribution in [3.05, 3.63) is 29.0 Å². The summed E-state index contributed by atoms with van der Waals surface area (Å²) >= 11 is 5.64. The summed E-state index contributed by atoms with van der Waals surface area (Å²) < 4.78 is 12.9. The first kappa shape index (κ1) is 13.8. The number of carbonyl (C=O) groups excluding carboxylic acids is 1. The van der Waals surface area contributed by atoms with Gasteiger partial charge in [0.2, 0.25) is 5.91 Å². The second kappa shape index (κ2) is 6.45. The summed E-state index contributed by atoms with van der Waals surface area (Å²) in [4.78, 5) is 12.8. The van der Waals surface area contributed by atoms with Crippen LogP contribution in [-0.2, 0) is 4.79 Å². The first-order chi connectivity index (χ1) is 8.00. The number of nitrogens with zero attached hydrogens (tertiary/aromatic N) is 1. The van der Waals surface area contributed by atoms with Crippen LogP contribution in [0.15, 0.2) is 18.2 Å². The zero-order valence-electron chi connectivity index (χ0n) is 9.96. The zero-order chi connectivity index (χ0) is 12.8. The summed E-state index contributed by atoms with van der Waals surface area (Å²) in [6.07, 6.45) is 1.22. The first-order valence-electron chi connectivity index (χ1n) is 5.40. The molecule has 17 heavy (non-hydrogen) atoms. The van der Waals surface area contributed by atoms with Gasteiger partial charge < -0.3 is 10.2 Å². The molecule has 5 heteroatoms. The molecule has 0 fully saturated rings. The van der Waals surface area contributed by atoms with E-state index in [0.29, 0.717) is 13.0 Å². The van der Waals surface area contributed by atoms with Crippen LogP contribution in [-0.4, -0.2) is 31.4 Å². The number of anilines is 1. The van der Waals surface area contributed by atoms with Gasteiger partial charge in [0.1, 0.15) is 5.82 Å². The van der Waals surface area contributed by atoms with Crippen LogP contribution in [0.25, 0.3) is 0 Å². The van der Waals surface area contributed by atoms with E-state index in [1.54, 1.807) is 25.1 Å². The number of rotatable bonds is 5. The molecule has 0 saturated heterocycles. The van der Waals surface area contributed by atoms with Crippen molar-refractivity contribution in [2.75, 3.05) is 26.0 Å². The Balaban J connectivity index is 2.31. The van der Waals surface area contributed by atoms with E-state index in [2.05, 4.69) is 5.32 Å². The van der Waals surface area contributed by atoms with E-state index >= 15 is 0 Å². The molecule has 0 aliphatic carbocycles. The van der Waals surface area contributed by atoms with E-state index in [0.717, 1.165) is 12.1 Å². The summed E-state index contributed by atoms with van der Waals surface area (Å²) in [6.45, 7) is 0.654. The highest BCUT2D eigenvalue weighted by molar-refractivity contribution is 6.31. The Morgan fingerprint density at radius 1 is 1.47 bits per heavy atom. The monoisotopic (exact) mass is 258 g/mol. The molecule has 0 aromatic heterocycles. The second-order valence-corrected chi connectivity index (χ2v) is 4.35. The smallest absolute Gasteiger partial charge is 0.222 e. The lowest BCUT2D eigenvalue weighted by Crippen LogP contribution is -2.22. The molecule has 1 amide bonds. The topological polar surface area (TPSA) is 32.3 Å². The zero-order valence-corrected chi connectivity index (χ0v) is 10.7. The van der Waals surface area contributed by atoms with E-state index in [1.807, 2.05) is 0 Å². The van der Waals surface area contributed by atoms with Gasteiger partial charge in [0.05, 0.1) is 5.02 Å². The molecule has 0 heterocycles. The lowest BCUT2D eigenvalue weighted by Gasteiger charge is -2.10. The molecular weight excluding hydrogens is 243 g/mol. The van der Waals surface area contributed by atoms with Gasteiger partial charge in [-0.1, -0.05) is 11.6 Å². The predicted molar refractivity (Wildman–Crippen MR) is 67.8 cm³/mol. The third-order valence-electron chi connectivity index (χ3n) is 2.31. The molecule has 3 nitrogen and oxygen atoms in total. The van der Waals surface area contributed by atoms with Crippen molar-refractivity contribution >= 4 is 23.2 Å². The lowest BCUT2D eigenvalue weighted by atomic mass is 10.2. The average Bonchev–Trinajstić information content (AvgIpc) is 2.28. The third-order valence-corrected chi connectivity index (χ3v) is 2.60. The Bertz CT molecular complexity index is 396. The van der Waals surface area contributed by atoms with Gasteiger partial charge >= 0.3 is 0 Å². The Morgan fingerprint density at radius 2 is 2.18 bits per heavy atom. The number of carbonyl (C=O) groups is 1. The Kier molecular flexibility index (Phi) is 5.22. The van der Waals surface area contributed by atoms with Gasteiger partial charge in [-0.25, -0.2) is 4.39 Å². The number of benzene rings is 1.